The average Bonchev–Trinajstić information content (AvgIpc) is 2.40. The second-order valence-corrected chi connectivity index (χ2v) is 6.70. The molecular formula is C13H11BrN2O4S. The van der Waals surface area contributed by atoms with E-state index in [1.807, 2.05) is 0 Å². The summed E-state index contributed by atoms with van der Waals surface area (Å²) >= 11 is 3.09. The number of sulfonamides is 1. The van der Waals surface area contributed by atoms with Crippen LogP contribution in [-0.2, 0) is 10.0 Å². The molecule has 2 aromatic rings. The molecule has 8 heteroatoms. The van der Waals surface area contributed by atoms with Crippen molar-refractivity contribution in [2.75, 3.05) is 4.72 Å². The first-order chi connectivity index (χ1) is 9.81. The summed E-state index contributed by atoms with van der Waals surface area (Å²) < 4.78 is 27.3. The van der Waals surface area contributed by atoms with Crippen LogP contribution in [0, 0.1) is 6.92 Å². The summed E-state index contributed by atoms with van der Waals surface area (Å²) in [4.78, 5) is 14.8. The summed E-state index contributed by atoms with van der Waals surface area (Å²) in [5.74, 6) is -1.13. The van der Waals surface area contributed by atoms with Crippen LogP contribution in [0.4, 0.5) is 5.69 Å². The number of hydrogen-bond donors (Lipinski definition) is 2. The average molecular weight is 371 g/mol. The molecule has 0 radical (unpaired) electrons. The number of aryl methyl sites for hydroxylation is 1. The molecule has 2 rings (SSSR count). The summed E-state index contributed by atoms with van der Waals surface area (Å²) in [7, 11) is -3.84. The summed E-state index contributed by atoms with van der Waals surface area (Å²) in [5, 5.41) is 8.88. The third-order valence-electron chi connectivity index (χ3n) is 2.72. The van der Waals surface area contributed by atoms with Crippen LogP contribution in [0.2, 0.25) is 0 Å². The van der Waals surface area contributed by atoms with E-state index in [1.54, 1.807) is 25.3 Å². The van der Waals surface area contributed by atoms with Gasteiger partial charge in [0.15, 0.2) is 0 Å². The van der Waals surface area contributed by atoms with Gasteiger partial charge in [0.05, 0.1) is 16.9 Å². The molecule has 0 aliphatic rings. The molecule has 110 valence electrons. The Bertz CT molecular complexity index is 806. The maximum atomic E-state index is 12.3. The zero-order valence-electron chi connectivity index (χ0n) is 10.9. The molecule has 0 unspecified atom stereocenters. The van der Waals surface area contributed by atoms with E-state index < -0.39 is 16.0 Å². The van der Waals surface area contributed by atoms with Crippen molar-refractivity contribution in [1.29, 1.82) is 0 Å². The minimum atomic E-state index is -3.84. The number of hydrogen-bond acceptors (Lipinski definition) is 4. The molecule has 1 heterocycles. The van der Waals surface area contributed by atoms with Gasteiger partial charge in [-0.3, -0.25) is 9.71 Å². The summed E-state index contributed by atoms with van der Waals surface area (Å²) in [6, 6.07) is 6.93. The van der Waals surface area contributed by atoms with Crippen molar-refractivity contribution in [2.45, 2.75) is 11.8 Å². The van der Waals surface area contributed by atoms with Crippen LogP contribution >= 0.6 is 15.9 Å². The SMILES string of the molecule is Cc1ncccc1NS(=O)(=O)c1ccc(C(=O)O)cc1Br. The first-order valence-electron chi connectivity index (χ1n) is 5.78. The number of carboxylic acid groups (broad SMARTS) is 1. The number of carboxylic acids is 1. The molecule has 0 fully saturated rings. The molecule has 0 saturated carbocycles. The highest BCUT2D eigenvalue weighted by molar-refractivity contribution is 9.10. The topological polar surface area (TPSA) is 96.4 Å². The Labute approximate surface area is 130 Å². The van der Waals surface area contributed by atoms with E-state index in [0.717, 1.165) is 0 Å². The van der Waals surface area contributed by atoms with E-state index in [4.69, 9.17) is 5.11 Å². The zero-order valence-corrected chi connectivity index (χ0v) is 13.3. The van der Waals surface area contributed by atoms with Crippen LogP contribution in [0.1, 0.15) is 16.1 Å². The highest BCUT2D eigenvalue weighted by Crippen LogP contribution is 2.26. The monoisotopic (exact) mass is 370 g/mol. The highest BCUT2D eigenvalue weighted by atomic mass is 79.9. The molecule has 0 amide bonds. The number of benzene rings is 1. The van der Waals surface area contributed by atoms with Crippen LogP contribution in [-0.4, -0.2) is 24.5 Å². The largest absolute Gasteiger partial charge is 0.478 e. The Morgan fingerprint density at radius 3 is 2.62 bits per heavy atom. The van der Waals surface area contributed by atoms with Gasteiger partial charge < -0.3 is 5.11 Å². The number of pyridine rings is 1. The van der Waals surface area contributed by atoms with E-state index in [9.17, 15) is 13.2 Å². The minimum absolute atomic E-state index is 0.00150. The molecular weight excluding hydrogens is 360 g/mol. The number of anilines is 1. The number of halogens is 1. The number of aromatic carboxylic acids is 1. The normalized spacial score (nSPS) is 11.1. The van der Waals surface area contributed by atoms with Crippen LogP contribution in [0.15, 0.2) is 45.9 Å². The number of nitrogens with zero attached hydrogens (tertiary/aromatic N) is 1. The van der Waals surface area contributed by atoms with Gasteiger partial charge in [-0.15, -0.1) is 0 Å². The van der Waals surface area contributed by atoms with Crippen LogP contribution in [0.3, 0.4) is 0 Å². The molecule has 1 aromatic heterocycles. The molecule has 0 aliphatic carbocycles. The first kappa shape index (κ1) is 15.5. The fourth-order valence-electron chi connectivity index (χ4n) is 1.64. The van der Waals surface area contributed by atoms with Crippen LogP contribution in [0.25, 0.3) is 0 Å². The Balaban J connectivity index is 2.41. The molecule has 0 saturated heterocycles. The van der Waals surface area contributed by atoms with Gasteiger partial charge in [0.2, 0.25) is 0 Å². The molecule has 21 heavy (non-hydrogen) atoms. The lowest BCUT2D eigenvalue weighted by Crippen LogP contribution is -2.15. The Hall–Kier alpha value is -1.93. The van der Waals surface area contributed by atoms with E-state index >= 15 is 0 Å². The maximum absolute atomic E-state index is 12.3. The zero-order chi connectivity index (χ0) is 15.6. The van der Waals surface area contributed by atoms with E-state index in [2.05, 4.69) is 25.6 Å². The molecule has 6 nitrogen and oxygen atoms in total. The number of rotatable bonds is 4. The van der Waals surface area contributed by atoms with Gasteiger partial charge in [0, 0.05) is 10.7 Å². The second kappa shape index (κ2) is 5.82. The summed E-state index contributed by atoms with van der Waals surface area (Å²) in [6.07, 6.45) is 1.56. The van der Waals surface area contributed by atoms with Crippen molar-refractivity contribution >= 4 is 37.6 Å². The number of carbonyl (C=O) groups is 1. The lowest BCUT2D eigenvalue weighted by atomic mass is 10.2. The molecule has 2 N–H and O–H groups in total. The lowest BCUT2D eigenvalue weighted by molar-refractivity contribution is 0.0696. The van der Waals surface area contributed by atoms with Crippen molar-refractivity contribution in [3.8, 4) is 0 Å². The van der Waals surface area contributed by atoms with Gasteiger partial charge in [-0.05, 0) is 53.2 Å². The molecule has 0 aliphatic heterocycles. The van der Waals surface area contributed by atoms with Gasteiger partial charge in [0.25, 0.3) is 10.0 Å². The molecule has 0 atom stereocenters. The van der Waals surface area contributed by atoms with Gasteiger partial charge in [-0.1, -0.05) is 0 Å². The van der Waals surface area contributed by atoms with Gasteiger partial charge in [-0.25, -0.2) is 13.2 Å². The van der Waals surface area contributed by atoms with Crippen molar-refractivity contribution in [1.82, 2.24) is 4.98 Å². The van der Waals surface area contributed by atoms with Crippen LogP contribution in [0.5, 0.6) is 0 Å². The third-order valence-corrected chi connectivity index (χ3v) is 5.06. The van der Waals surface area contributed by atoms with Crippen molar-refractivity contribution < 1.29 is 18.3 Å². The van der Waals surface area contributed by atoms with Crippen molar-refractivity contribution in [3.63, 3.8) is 0 Å². The summed E-state index contributed by atoms with van der Waals surface area (Å²) in [6.45, 7) is 1.68. The predicted molar refractivity (Wildman–Crippen MR) is 80.9 cm³/mol. The predicted octanol–water partition coefficient (Wildman–Crippen LogP) is 2.65. The quantitative estimate of drug-likeness (QED) is 0.862. The molecule has 0 bridgehead atoms. The Morgan fingerprint density at radius 1 is 1.33 bits per heavy atom. The lowest BCUT2D eigenvalue weighted by Gasteiger charge is -2.11. The van der Waals surface area contributed by atoms with E-state index in [1.165, 1.54) is 18.2 Å². The standard InChI is InChI=1S/C13H11BrN2O4S/c1-8-11(3-2-6-15-8)16-21(19,20)12-5-4-9(13(17)18)7-10(12)14/h2-7,16H,1H3,(H,17,18). The van der Waals surface area contributed by atoms with Gasteiger partial charge >= 0.3 is 5.97 Å². The third kappa shape index (κ3) is 3.40. The maximum Gasteiger partial charge on any atom is 0.335 e. The van der Waals surface area contributed by atoms with Gasteiger partial charge in [0.1, 0.15) is 4.90 Å². The fraction of sp³-hybridized carbons (Fsp3) is 0.0769. The first-order valence-corrected chi connectivity index (χ1v) is 8.06. The minimum Gasteiger partial charge on any atom is -0.478 e. The van der Waals surface area contributed by atoms with Crippen molar-refractivity contribution in [3.05, 3.63) is 52.3 Å². The van der Waals surface area contributed by atoms with Crippen molar-refractivity contribution in [2.24, 2.45) is 0 Å². The number of aromatic nitrogens is 1. The molecule has 0 spiro atoms. The van der Waals surface area contributed by atoms with E-state index in [0.29, 0.717) is 11.4 Å². The fourth-order valence-corrected chi connectivity index (χ4v) is 3.84. The summed E-state index contributed by atoms with van der Waals surface area (Å²) in [5.41, 5.74) is 0.907. The van der Waals surface area contributed by atoms with E-state index in [-0.39, 0.29) is 14.9 Å². The Kier molecular flexibility index (Phi) is 4.29. The second-order valence-electron chi connectivity index (χ2n) is 4.19. The Morgan fingerprint density at radius 2 is 2.05 bits per heavy atom. The van der Waals surface area contributed by atoms with Gasteiger partial charge in [-0.2, -0.15) is 0 Å². The highest BCUT2D eigenvalue weighted by Gasteiger charge is 2.20. The molecule has 1 aromatic carbocycles. The smallest absolute Gasteiger partial charge is 0.335 e. The number of nitrogens with one attached hydrogen (secondary N) is 1. The van der Waals surface area contributed by atoms with Crippen LogP contribution < -0.4 is 4.72 Å².